The van der Waals surface area contributed by atoms with Gasteiger partial charge in [0, 0.05) is 24.0 Å². The molecule has 5 heteroatoms. The summed E-state index contributed by atoms with van der Waals surface area (Å²) in [6.07, 6.45) is 0.390. The summed E-state index contributed by atoms with van der Waals surface area (Å²) < 4.78 is 5.18. The van der Waals surface area contributed by atoms with E-state index in [-0.39, 0.29) is 18.0 Å². The Morgan fingerprint density at radius 3 is 2.48 bits per heavy atom. The molecule has 27 heavy (non-hydrogen) atoms. The van der Waals surface area contributed by atoms with Crippen molar-refractivity contribution in [3.05, 3.63) is 75.6 Å². The first-order valence-electron chi connectivity index (χ1n) is 9.03. The SMILES string of the molecule is CCC(=O)N(Cc1ccc(OC)cc1)Cc1cc2cc(C)ccc2[nH]c1=O. The van der Waals surface area contributed by atoms with Gasteiger partial charge in [0.15, 0.2) is 0 Å². The summed E-state index contributed by atoms with van der Waals surface area (Å²) in [5.74, 6) is 0.781. The molecule has 1 amide bonds. The number of hydrogen-bond acceptors (Lipinski definition) is 3. The van der Waals surface area contributed by atoms with Gasteiger partial charge in [-0.25, -0.2) is 0 Å². The van der Waals surface area contributed by atoms with Crippen LogP contribution in [0.1, 0.15) is 30.0 Å². The van der Waals surface area contributed by atoms with Gasteiger partial charge in [-0.1, -0.05) is 30.7 Å². The Morgan fingerprint density at radius 1 is 1.07 bits per heavy atom. The van der Waals surface area contributed by atoms with Crippen LogP contribution in [0, 0.1) is 6.92 Å². The normalized spacial score (nSPS) is 10.8. The number of hydrogen-bond donors (Lipinski definition) is 1. The number of aromatic nitrogens is 1. The third-order valence-electron chi connectivity index (χ3n) is 4.63. The number of H-pyrrole nitrogens is 1. The Balaban J connectivity index is 1.89. The lowest BCUT2D eigenvalue weighted by molar-refractivity contribution is -0.132. The molecule has 3 aromatic rings. The second-order valence-corrected chi connectivity index (χ2v) is 6.67. The largest absolute Gasteiger partial charge is 0.497 e. The predicted molar refractivity (Wildman–Crippen MR) is 107 cm³/mol. The molecule has 0 bridgehead atoms. The van der Waals surface area contributed by atoms with E-state index in [0.29, 0.717) is 18.5 Å². The minimum Gasteiger partial charge on any atom is -0.497 e. The quantitative estimate of drug-likeness (QED) is 0.724. The molecule has 2 aromatic carbocycles. The highest BCUT2D eigenvalue weighted by Gasteiger charge is 2.15. The fourth-order valence-corrected chi connectivity index (χ4v) is 3.10. The monoisotopic (exact) mass is 364 g/mol. The van der Waals surface area contributed by atoms with Crippen molar-refractivity contribution in [2.75, 3.05) is 7.11 Å². The first-order chi connectivity index (χ1) is 13.0. The maximum atomic E-state index is 12.5. The summed E-state index contributed by atoms with van der Waals surface area (Å²) in [5, 5.41) is 0.970. The van der Waals surface area contributed by atoms with Gasteiger partial charge in [0.25, 0.3) is 5.56 Å². The van der Waals surface area contributed by atoms with E-state index < -0.39 is 0 Å². The minimum atomic E-state index is -0.157. The zero-order chi connectivity index (χ0) is 19.4. The number of fused-ring (bicyclic) bond motifs is 1. The van der Waals surface area contributed by atoms with Gasteiger partial charge in [0.1, 0.15) is 5.75 Å². The van der Waals surface area contributed by atoms with Crippen LogP contribution in [0.5, 0.6) is 5.75 Å². The molecule has 0 atom stereocenters. The molecule has 5 nitrogen and oxygen atoms in total. The Bertz CT molecular complexity index is 1010. The van der Waals surface area contributed by atoms with Crippen LogP contribution in [-0.2, 0) is 17.9 Å². The number of carbonyl (C=O) groups is 1. The van der Waals surface area contributed by atoms with Crippen molar-refractivity contribution in [1.82, 2.24) is 9.88 Å². The highest BCUT2D eigenvalue weighted by atomic mass is 16.5. The Kier molecular flexibility index (Phi) is 5.60. The summed E-state index contributed by atoms with van der Waals surface area (Å²) in [4.78, 5) is 29.6. The van der Waals surface area contributed by atoms with E-state index in [1.165, 1.54) is 0 Å². The van der Waals surface area contributed by atoms with E-state index in [0.717, 1.165) is 27.8 Å². The fourth-order valence-electron chi connectivity index (χ4n) is 3.10. The van der Waals surface area contributed by atoms with Crippen LogP contribution in [0.3, 0.4) is 0 Å². The second-order valence-electron chi connectivity index (χ2n) is 6.67. The third kappa shape index (κ3) is 4.37. The van der Waals surface area contributed by atoms with Gasteiger partial charge in [-0.3, -0.25) is 9.59 Å². The number of carbonyl (C=O) groups excluding carboxylic acids is 1. The van der Waals surface area contributed by atoms with E-state index >= 15 is 0 Å². The number of ether oxygens (including phenoxy) is 1. The lowest BCUT2D eigenvalue weighted by atomic mass is 10.1. The fraction of sp³-hybridized carbons (Fsp3) is 0.273. The van der Waals surface area contributed by atoms with E-state index in [4.69, 9.17) is 4.74 Å². The van der Waals surface area contributed by atoms with Crippen LogP contribution in [0.2, 0.25) is 0 Å². The van der Waals surface area contributed by atoms with Crippen molar-refractivity contribution in [3.63, 3.8) is 0 Å². The number of amides is 1. The molecule has 0 unspecified atom stereocenters. The van der Waals surface area contributed by atoms with Crippen molar-refractivity contribution >= 4 is 16.8 Å². The van der Waals surface area contributed by atoms with Crippen molar-refractivity contribution in [3.8, 4) is 5.75 Å². The average Bonchev–Trinajstić information content (AvgIpc) is 2.68. The predicted octanol–water partition coefficient (Wildman–Crippen LogP) is 3.78. The molecule has 1 heterocycles. The van der Waals surface area contributed by atoms with Gasteiger partial charge in [0.05, 0.1) is 13.7 Å². The van der Waals surface area contributed by atoms with Crippen LogP contribution in [0.25, 0.3) is 10.9 Å². The van der Waals surface area contributed by atoms with Crippen molar-refractivity contribution in [2.45, 2.75) is 33.4 Å². The van der Waals surface area contributed by atoms with Crippen molar-refractivity contribution in [2.24, 2.45) is 0 Å². The molecule has 1 aromatic heterocycles. The number of pyridine rings is 1. The third-order valence-corrected chi connectivity index (χ3v) is 4.63. The number of nitrogens with one attached hydrogen (secondary N) is 1. The molecule has 0 spiro atoms. The summed E-state index contributed by atoms with van der Waals surface area (Å²) in [6.45, 7) is 4.57. The molecule has 3 rings (SSSR count). The standard InChI is InChI=1S/C22H24N2O3/c1-4-21(25)24(13-16-6-8-19(27-3)9-7-16)14-18-12-17-11-15(2)5-10-20(17)23-22(18)26/h5-12H,4,13-14H2,1-3H3,(H,23,26). The van der Waals surface area contributed by atoms with Crippen molar-refractivity contribution in [1.29, 1.82) is 0 Å². The number of benzene rings is 2. The topological polar surface area (TPSA) is 62.4 Å². The van der Waals surface area contributed by atoms with Crippen LogP contribution in [-0.4, -0.2) is 22.9 Å². The van der Waals surface area contributed by atoms with E-state index in [9.17, 15) is 9.59 Å². The molecule has 0 aliphatic rings. The highest BCUT2D eigenvalue weighted by Crippen LogP contribution is 2.17. The summed E-state index contributed by atoms with van der Waals surface area (Å²) >= 11 is 0. The molecule has 0 saturated carbocycles. The summed E-state index contributed by atoms with van der Waals surface area (Å²) in [5.41, 5.74) is 3.35. The van der Waals surface area contributed by atoms with Crippen LogP contribution >= 0.6 is 0 Å². The number of methoxy groups -OCH3 is 1. The van der Waals surface area contributed by atoms with Crippen LogP contribution in [0.15, 0.2) is 53.3 Å². The smallest absolute Gasteiger partial charge is 0.253 e. The first kappa shape index (κ1) is 18.7. The van der Waals surface area contributed by atoms with Gasteiger partial charge < -0.3 is 14.6 Å². The minimum absolute atomic E-state index is 0.00885. The highest BCUT2D eigenvalue weighted by molar-refractivity contribution is 5.80. The van der Waals surface area contributed by atoms with E-state index in [1.807, 2.05) is 62.4 Å². The number of aryl methyl sites for hydroxylation is 1. The van der Waals surface area contributed by atoms with Crippen LogP contribution < -0.4 is 10.3 Å². The molecule has 0 aliphatic carbocycles. The molecule has 140 valence electrons. The molecule has 0 aliphatic heterocycles. The van der Waals surface area contributed by atoms with Gasteiger partial charge in [-0.05, 0) is 48.2 Å². The van der Waals surface area contributed by atoms with E-state index in [2.05, 4.69) is 4.98 Å². The second kappa shape index (κ2) is 8.08. The van der Waals surface area contributed by atoms with Gasteiger partial charge >= 0.3 is 0 Å². The zero-order valence-corrected chi connectivity index (χ0v) is 15.9. The lowest BCUT2D eigenvalue weighted by Gasteiger charge is -2.22. The summed E-state index contributed by atoms with van der Waals surface area (Å²) in [7, 11) is 1.62. The molecular formula is C22H24N2O3. The zero-order valence-electron chi connectivity index (χ0n) is 15.9. The average molecular weight is 364 g/mol. The molecule has 1 N–H and O–H groups in total. The maximum absolute atomic E-state index is 12.5. The van der Waals surface area contributed by atoms with Gasteiger partial charge in [-0.2, -0.15) is 0 Å². The Morgan fingerprint density at radius 2 is 1.81 bits per heavy atom. The number of rotatable bonds is 6. The summed E-state index contributed by atoms with van der Waals surface area (Å²) in [6, 6.07) is 15.4. The van der Waals surface area contributed by atoms with Gasteiger partial charge in [0.2, 0.25) is 5.91 Å². The Hall–Kier alpha value is -3.08. The van der Waals surface area contributed by atoms with E-state index in [1.54, 1.807) is 12.0 Å². The lowest BCUT2D eigenvalue weighted by Crippen LogP contribution is -2.31. The molecule has 0 saturated heterocycles. The number of nitrogens with zero attached hydrogens (tertiary/aromatic N) is 1. The first-order valence-corrected chi connectivity index (χ1v) is 9.03. The molecule has 0 fully saturated rings. The Labute approximate surface area is 158 Å². The van der Waals surface area contributed by atoms with Gasteiger partial charge in [-0.15, -0.1) is 0 Å². The maximum Gasteiger partial charge on any atom is 0.253 e. The molecular weight excluding hydrogens is 340 g/mol. The number of aromatic amines is 1. The van der Waals surface area contributed by atoms with Crippen LogP contribution in [0.4, 0.5) is 0 Å². The van der Waals surface area contributed by atoms with Crippen molar-refractivity contribution < 1.29 is 9.53 Å². The molecule has 0 radical (unpaired) electrons.